The molecule has 0 spiro atoms. The van der Waals surface area contributed by atoms with Gasteiger partial charge in [0.1, 0.15) is 0 Å². The number of hydrogen-bond donors (Lipinski definition) is 1. The highest BCUT2D eigenvalue weighted by molar-refractivity contribution is 7.10. The Morgan fingerprint density at radius 3 is 2.71 bits per heavy atom. The molecular weight excluding hydrogens is 230 g/mol. The van der Waals surface area contributed by atoms with Crippen LogP contribution < -0.4 is 5.32 Å². The van der Waals surface area contributed by atoms with Crippen molar-refractivity contribution in [2.75, 3.05) is 6.54 Å². The van der Waals surface area contributed by atoms with Gasteiger partial charge < -0.3 is 5.32 Å². The molecule has 0 aliphatic heterocycles. The molecule has 17 heavy (non-hydrogen) atoms. The van der Waals surface area contributed by atoms with Crippen molar-refractivity contribution in [3.05, 3.63) is 22.4 Å². The number of rotatable bonds is 9. The van der Waals surface area contributed by atoms with Gasteiger partial charge >= 0.3 is 0 Å². The zero-order chi connectivity index (χ0) is 12.3. The number of amides is 1. The Morgan fingerprint density at radius 2 is 2.00 bits per heavy atom. The maximum atomic E-state index is 11.5. The quantitative estimate of drug-likeness (QED) is 0.667. The van der Waals surface area contributed by atoms with E-state index in [2.05, 4.69) is 12.2 Å². The van der Waals surface area contributed by atoms with Crippen LogP contribution in [0.1, 0.15) is 50.3 Å². The molecule has 0 aromatic carbocycles. The van der Waals surface area contributed by atoms with Gasteiger partial charge in [0.25, 0.3) is 0 Å². The zero-order valence-corrected chi connectivity index (χ0v) is 11.5. The molecule has 2 nitrogen and oxygen atoms in total. The van der Waals surface area contributed by atoms with Crippen LogP contribution in [-0.2, 0) is 11.2 Å². The lowest BCUT2D eigenvalue weighted by Crippen LogP contribution is -2.25. The van der Waals surface area contributed by atoms with Crippen molar-refractivity contribution in [3.63, 3.8) is 0 Å². The van der Waals surface area contributed by atoms with Crippen LogP contribution in [0.5, 0.6) is 0 Å². The van der Waals surface area contributed by atoms with Gasteiger partial charge in [0.15, 0.2) is 0 Å². The van der Waals surface area contributed by atoms with Crippen LogP contribution >= 0.6 is 11.3 Å². The van der Waals surface area contributed by atoms with Crippen LogP contribution in [0, 0.1) is 0 Å². The summed E-state index contributed by atoms with van der Waals surface area (Å²) in [6.07, 6.45) is 8.14. The largest absolute Gasteiger partial charge is 0.356 e. The second-order valence-corrected chi connectivity index (χ2v) is 5.41. The van der Waals surface area contributed by atoms with Gasteiger partial charge in [-0.05, 0) is 17.9 Å². The fourth-order valence-corrected chi connectivity index (χ4v) is 2.47. The average molecular weight is 253 g/mol. The Kier molecular flexibility index (Phi) is 7.72. The highest BCUT2D eigenvalue weighted by Gasteiger charge is 2.02. The predicted molar refractivity (Wildman–Crippen MR) is 74.4 cm³/mol. The van der Waals surface area contributed by atoms with Crippen molar-refractivity contribution < 1.29 is 4.79 Å². The standard InChI is InChI=1S/C14H23NOS/c1-2-3-4-5-6-7-10-15-14(16)12-13-9-8-11-17-13/h8-9,11H,2-7,10,12H2,1H3,(H,15,16). The van der Waals surface area contributed by atoms with Crippen molar-refractivity contribution in [2.24, 2.45) is 0 Å². The maximum absolute atomic E-state index is 11.5. The fourth-order valence-electron chi connectivity index (χ4n) is 1.77. The second-order valence-electron chi connectivity index (χ2n) is 4.37. The van der Waals surface area contributed by atoms with Gasteiger partial charge in [-0.1, -0.05) is 45.1 Å². The van der Waals surface area contributed by atoms with Crippen molar-refractivity contribution >= 4 is 17.2 Å². The Morgan fingerprint density at radius 1 is 1.24 bits per heavy atom. The minimum absolute atomic E-state index is 0.154. The number of nitrogens with one attached hydrogen (secondary N) is 1. The number of carbonyl (C=O) groups excluding carboxylic acids is 1. The van der Waals surface area contributed by atoms with Crippen LogP contribution in [-0.4, -0.2) is 12.5 Å². The van der Waals surface area contributed by atoms with E-state index in [0.717, 1.165) is 17.8 Å². The minimum atomic E-state index is 0.154. The van der Waals surface area contributed by atoms with E-state index in [1.807, 2.05) is 17.5 Å². The summed E-state index contributed by atoms with van der Waals surface area (Å²) in [5.74, 6) is 0.154. The molecule has 1 rings (SSSR count). The molecule has 0 aliphatic carbocycles. The topological polar surface area (TPSA) is 29.1 Å². The van der Waals surface area contributed by atoms with Gasteiger partial charge in [-0.3, -0.25) is 4.79 Å². The van der Waals surface area contributed by atoms with Gasteiger partial charge in [0, 0.05) is 11.4 Å². The molecule has 3 heteroatoms. The van der Waals surface area contributed by atoms with Gasteiger partial charge in [-0.25, -0.2) is 0 Å². The van der Waals surface area contributed by atoms with E-state index < -0.39 is 0 Å². The third-order valence-electron chi connectivity index (χ3n) is 2.77. The van der Waals surface area contributed by atoms with Crippen molar-refractivity contribution in [1.82, 2.24) is 5.32 Å². The van der Waals surface area contributed by atoms with E-state index in [0.29, 0.717) is 6.42 Å². The lowest BCUT2D eigenvalue weighted by atomic mass is 10.1. The number of carbonyl (C=O) groups is 1. The summed E-state index contributed by atoms with van der Waals surface area (Å²) in [4.78, 5) is 12.7. The van der Waals surface area contributed by atoms with Crippen LogP contribution in [0.2, 0.25) is 0 Å². The van der Waals surface area contributed by atoms with Crippen LogP contribution in [0.15, 0.2) is 17.5 Å². The van der Waals surface area contributed by atoms with Crippen LogP contribution in [0.4, 0.5) is 0 Å². The van der Waals surface area contributed by atoms with E-state index in [9.17, 15) is 4.79 Å². The monoisotopic (exact) mass is 253 g/mol. The van der Waals surface area contributed by atoms with Gasteiger partial charge in [-0.2, -0.15) is 0 Å². The summed E-state index contributed by atoms with van der Waals surface area (Å²) in [5.41, 5.74) is 0. The Labute approximate surface area is 108 Å². The first kappa shape index (κ1) is 14.2. The summed E-state index contributed by atoms with van der Waals surface area (Å²) in [6, 6.07) is 4.00. The molecule has 0 unspecified atom stereocenters. The van der Waals surface area contributed by atoms with Gasteiger partial charge in [-0.15, -0.1) is 11.3 Å². The van der Waals surface area contributed by atoms with Crippen LogP contribution in [0.25, 0.3) is 0 Å². The van der Waals surface area contributed by atoms with E-state index in [1.54, 1.807) is 11.3 Å². The van der Waals surface area contributed by atoms with E-state index in [-0.39, 0.29) is 5.91 Å². The van der Waals surface area contributed by atoms with Gasteiger partial charge in [0.2, 0.25) is 5.91 Å². The summed E-state index contributed by atoms with van der Waals surface area (Å²) in [5, 5.41) is 4.99. The van der Waals surface area contributed by atoms with Gasteiger partial charge in [0.05, 0.1) is 6.42 Å². The molecule has 1 aromatic rings. The fraction of sp³-hybridized carbons (Fsp3) is 0.643. The molecule has 0 bridgehead atoms. The minimum Gasteiger partial charge on any atom is -0.356 e. The first-order valence-corrected chi connectivity index (χ1v) is 7.50. The summed E-state index contributed by atoms with van der Waals surface area (Å²) in [6.45, 7) is 3.06. The molecule has 0 saturated heterocycles. The number of hydrogen-bond acceptors (Lipinski definition) is 2. The molecule has 96 valence electrons. The Bertz CT molecular complexity index is 295. The highest BCUT2D eigenvalue weighted by Crippen LogP contribution is 2.09. The number of unbranched alkanes of at least 4 members (excludes halogenated alkanes) is 5. The molecule has 0 fully saturated rings. The predicted octanol–water partition coefficient (Wildman–Crippen LogP) is 3.77. The normalized spacial score (nSPS) is 10.4. The first-order chi connectivity index (χ1) is 8.33. The molecule has 1 amide bonds. The summed E-state index contributed by atoms with van der Waals surface area (Å²) < 4.78 is 0. The first-order valence-electron chi connectivity index (χ1n) is 6.62. The zero-order valence-electron chi connectivity index (χ0n) is 10.7. The van der Waals surface area contributed by atoms with Crippen LogP contribution in [0.3, 0.4) is 0 Å². The van der Waals surface area contributed by atoms with E-state index >= 15 is 0 Å². The molecule has 0 radical (unpaired) electrons. The summed E-state index contributed by atoms with van der Waals surface area (Å²) >= 11 is 1.64. The van der Waals surface area contributed by atoms with Crippen molar-refractivity contribution in [3.8, 4) is 0 Å². The molecule has 0 saturated carbocycles. The molecule has 1 heterocycles. The summed E-state index contributed by atoms with van der Waals surface area (Å²) in [7, 11) is 0. The Balaban J connectivity index is 1.94. The lowest BCUT2D eigenvalue weighted by molar-refractivity contribution is -0.120. The molecular formula is C14H23NOS. The lowest BCUT2D eigenvalue weighted by Gasteiger charge is -2.04. The van der Waals surface area contributed by atoms with E-state index in [4.69, 9.17) is 0 Å². The molecule has 0 aliphatic rings. The third kappa shape index (κ3) is 7.16. The molecule has 1 N–H and O–H groups in total. The third-order valence-corrected chi connectivity index (χ3v) is 3.64. The smallest absolute Gasteiger partial charge is 0.225 e. The maximum Gasteiger partial charge on any atom is 0.225 e. The molecule has 1 aromatic heterocycles. The van der Waals surface area contributed by atoms with Crippen molar-refractivity contribution in [1.29, 1.82) is 0 Å². The SMILES string of the molecule is CCCCCCCCNC(=O)Cc1cccs1. The highest BCUT2D eigenvalue weighted by atomic mass is 32.1. The average Bonchev–Trinajstić information content (AvgIpc) is 2.80. The Hall–Kier alpha value is -0.830. The van der Waals surface area contributed by atoms with E-state index in [1.165, 1.54) is 32.1 Å². The molecule has 0 atom stereocenters. The number of thiophene rings is 1. The van der Waals surface area contributed by atoms with Crippen molar-refractivity contribution in [2.45, 2.75) is 51.9 Å². The second kappa shape index (κ2) is 9.23.